The SMILES string of the molecule is CC(CO)CCCNC(=O)c1ccc2nccnc2c1. The number of aliphatic hydroxyl groups excluding tert-OH is 1. The third-order valence-electron chi connectivity index (χ3n) is 3.20. The van der Waals surface area contributed by atoms with Crippen LogP contribution in [0.5, 0.6) is 0 Å². The molecule has 1 aromatic carbocycles. The van der Waals surface area contributed by atoms with Gasteiger partial charge in [-0.2, -0.15) is 0 Å². The van der Waals surface area contributed by atoms with Crippen LogP contribution < -0.4 is 5.32 Å². The Morgan fingerprint density at radius 1 is 1.30 bits per heavy atom. The number of aromatic nitrogens is 2. The van der Waals surface area contributed by atoms with Gasteiger partial charge in [-0.1, -0.05) is 6.92 Å². The van der Waals surface area contributed by atoms with Crippen molar-refractivity contribution < 1.29 is 9.90 Å². The normalized spacial score (nSPS) is 12.3. The minimum Gasteiger partial charge on any atom is -0.396 e. The topological polar surface area (TPSA) is 75.1 Å². The molecule has 2 rings (SSSR count). The molecule has 0 aliphatic rings. The second-order valence-corrected chi connectivity index (χ2v) is 4.95. The Balaban J connectivity index is 1.91. The highest BCUT2D eigenvalue weighted by Crippen LogP contribution is 2.11. The van der Waals surface area contributed by atoms with Gasteiger partial charge in [0.2, 0.25) is 0 Å². The summed E-state index contributed by atoms with van der Waals surface area (Å²) in [5, 5.41) is 11.8. The summed E-state index contributed by atoms with van der Waals surface area (Å²) in [4.78, 5) is 20.3. The number of fused-ring (bicyclic) bond motifs is 1. The number of hydrogen-bond donors (Lipinski definition) is 2. The summed E-state index contributed by atoms with van der Waals surface area (Å²) in [6, 6.07) is 5.29. The molecule has 1 amide bonds. The molecule has 5 heteroatoms. The van der Waals surface area contributed by atoms with Crippen LogP contribution in [0.4, 0.5) is 0 Å². The molecule has 0 spiro atoms. The third kappa shape index (κ3) is 3.74. The number of benzene rings is 1. The Morgan fingerprint density at radius 3 is 2.80 bits per heavy atom. The van der Waals surface area contributed by atoms with Gasteiger partial charge in [0.25, 0.3) is 5.91 Å². The molecular formula is C15H19N3O2. The summed E-state index contributed by atoms with van der Waals surface area (Å²) in [7, 11) is 0. The predicted molar refractivity (Wildman–Crippen MR) is 77.4 cm³/mol. The summed E-state index contributed by atoms with van der Waals surface area (Å²) < 4.78 is 0. The summed E-state index contributed by atoms with van der Waals surface area (Å²) in [6.45, 7) is 2.79. The maximum Gasteiger partial charge on any atom is 0.251 e. The monoisotopic (exact) mass is 273 g/mol. The lowest BCUT2D eigenvalue weighted by Gasteiger charge is -2.08. The standard InChI is InChI=1S/C15H19N3O2/c1-11(10-19)3-2-6-18-15(20)12-4-5-13-14(9-12)17-8-7-16-13/h4-5,7-9,11,19H,2-3,6,10H2,1H3,(H,18,20). The van der Waals surface area contributed by atoms with Crippen molar-refractivity contribution in [3.8, 4) is 0 Å². The first-order valence-electron chi connectivity index (χ1n) is 6.80. The van der Waals surface area contributed by atoms with E-state index in [2.05, 4.69) is 15.3 Å². The quantitative estimate of drug-likeness (QED) is 0.787. The van der Waals surface area contributed by atoms with E-state index in [4.69, 9.17) is 5.11 Å². The molecule has 2 aromatic rings. The first-order valence-corrected chi connectivity index (χ1v) is 6.80. The molecule has 106 valence electrons. The van der Waals surface area contributed by atoms with Crippen molar-refractivity contribution in [3.63, 3.8) is 0 Å². The molecule has 20 heavy (non-hydrogen) atoms. The van der Waals surface area contributed by atoms with Crippen LogP contribution in [-0.2, 0) is 0 Å². The van der Waals surface area contributed by atoms with Gasteiger partial charge in [-0.3, -0.25) is 14.8 Å². The highest BCUT2D eigenvalue weighted by Gasteiger charge is 2.07. The number of carbonyl (C=O) groups is 1. The first-order chi connectivity index (χ1) is 9.70. The number of aliphatic hydroxyl groups is 1. The molecule has 1 aromatic heterocycles. The average molecular weight is 273 g/mol. The van der Waals surface area contributed by atoms with Crippen molar-refractivity contribution in [3.05, 3.63) is 36.2 Å². The number of hydrogen-bond acceptors (Lipinski definition) is 4. The second kappa shape index (κ2) is 6.96. The smallest absolute Gasteiger partial charge is 0.251 e. The van der Waals surface area contributed by atoms with Crippen LogP contribution in [-0.4, -0.2) is 34.1 Å². The fraction of sp³-hybridized carbons (Fsp3) is 0.400. The van der Waals surface area contributed by atoms with E-state index in [1.807, 2.05) is 6.92 Å². The van der Waals surface area contributed by atoms with E-state index in [1.54, 1.807) is 30.6 Å². The van der Waals surface area contributed by atoms with Gasteiger partial charge in [0.1, 0.15) is 0 Å². The molecule has 1 heterocycles. The van der Waals surface area contributed by atoms with Crippen LogP contribution >= 0.6 is 0 Å². The van der Waals surface area contributed by atoms with E-state index >= 15 is 0 Å². The van der Waals surface area contributed by atoms with E-state index in [9.17, 15) is 4.79 Å². The Labute approximate surface area is 118 Å². The molecule has 0 radical (unpaired) electrons. The fourth-order valence-electron chi connectivity index (χ4n) is 1.95. The van der Waals surface area contributed by atoms with E-state index in [-0.39, 0.29) is 18.4 Å². The van der Waals surface area contributed by atoms with E-state index < -0.39 is 0 Å². The molecule has 5 nitrogen and oxygen atoms in total. The maximum absolute atomic E-state index is 12.0. The molecule has 0 fully saturated rings. The third-order valence-corrected chi connectivity index (χ3v) is 3.20. The van der Waals surface area contributed by atoms with Gasteiger partial charge in [0.15, 0.2) is 0 Å². The van der Waals surface area contributed by atoms with Gasteiger partial charge in [-0.25, -0.2) is 0 Å². The van der Waals surface area contributed by atoms with Crippen LogP contribution in [0.2, 0.25) is 0 Å². The van der Waals surface area contributed by atoms with Crippen LogP contribution in [0.3, 0.4) is 0 Å². The summed E-state index contributed by atoms with van der Waals surface area (Å²) in [5.41, 5.74) is 2.09. The Morgan fingerprint density at radius 2 is 2.05 bits per heavy atom. The number of carbonyl (C=O) groups excluding carboxylic acids is 1. The minimum absolute atomic E-state index is 0.103. The lowest BCUT2D eigenvalue weighted by molar-refractivity contribution is 0.0952. The van der Waals surface area contributed by atoms with Crippen molar-refractivity contribution >= 4 is 16.9 Å². The van der Waals surface area contributed by atoms with Gasteiger partial charge in [-0.15, -0.1) is 0 Å². The first kappa shape index (κ1) is 14.4. The van der Waals surface area contributed by atoms with Gasteiger partial charge >= 0.3 is 0 Å². The van der Waals surface area contributed by atoms with Crippen molar-refractivity contribution in [1.82, 2.24) is 15.3 Å². The van der Waals surface area contributed by atoms with Crippen LogP contribution in [0.1, 0.15) is 30.1 Å². The fourth-order valence-corrected chi connectivity index (χ4v) is 1.95. The van der Waals surface area contributed by atoms with E-state index in [0.717, 1.165) is 18.4 Å². The largest absolute Gasteiger partial charge is 0.396 e. The minimum atomic E-state index is -0.103. The van der Waals surface area contributed by atoms with Crippen molar-refractivity contribution in [1.29, 1.82) is 0 Å². The number of nitrogens with zero attached hydrogens (tertiary/aromatic N) is 2. The van der Waals surface area contributed by atoms with Crippen LogP contribution in [0.25, 0.3) is 11.0 Å². The molecule has 2 N–H and O–H groups in total. The highest BCUT2D eigenvalue weighted by molar-refractivity contribution is 5.97. The van der Waals surface area contributed by atoms with Crippen LogP contribution in [0, 0.1) is 5.92 Å². The average Bonchev–Trinajstić information content (AvgIpc) is 2.50. The molecule has 0 bridgehead atoms. The molecule has 0 aliphatic heterocycles. The zero-order chi connectivity index (χ0) is 14.4. The lowest BCUT2D eigenvalue weighted by atomic mass is 10.1. The number of amides is 1. The predicted octanol–water partition coefficient (Wildman–Crippen LogP) is 1.77. The molecule has 0 saturated carbocycles. The second-order valence-electron chi connectivity index (χ2n) is 4.95. The Bertz CT molecular complexity index is 586. The summed E-state index contributed by atoms with van der Waals surface area (Å²) in [6.07, 6.45) is 5.01. The zero-order valence-corrected chi connectivity index (χ0v) is 11.5. The molecule has 1 unspecified atom stereocenters. The summed E-state index contributed by atoms with van der Waals surface area (Å²) >= 11 is 0. The van der Waals surface area contributed by atoms with Gasteiger partial charge in [0, 0.05) is 31.1 Å². The van der Waals surface area contributed by atoms with Crippen molar-refractivity contribution in [2.24, 2.45) is 5.92 Å². The lowest BCUT2D eigenvalue weighted by Crippen LogP contribution is -2.24. The highest BCUT2D eigenvalue weighted by atomic mass is 16.3. The number of nitrogens with one attached hydrogen (secondary N) is 1. The van der Waals surface area contributed by atoms with Gasteiger partial charge in [0.05, 0.1) is 11.0 Å². The van der Waals surface area contributed by atoms with Gasteiger partial charge < -0.3 is 10.4 Å². The molecular weight excluding hydrogens is 254 g/mol. The van der Waals surface area contributed by atoms with Crippen molar-refractivity contribution in [2.75, 3.05) is 13.2 Å². The van der Waals surface area contributed by atoms with Gasteiger partial charge in [-0.05, 0) is 37.0 Å². The van der Waals surface area contributed by atoms with E-state index in [0.29, 0.717) is 17.6 Å². The molecule has 0 aliphatic carbocycles. The van der Waals surface area contributed by atoms with Crippen molar-refractivity contribution in [2.45, 2.75) is 19.8 Å². The zero-order valence-electron chi connectivity index (χ0n) is 11.5. The maximum atomic E-state index is 12.0. The summed E-state index contributed by atoms with van der Waals surface area (Å²) in [5.74, 6) is 0.178. The number of rotatable bonds is 6. The van der Waals surface area contributed by atoms with Crippen LogP contribution in [0.15, 0.2) is 30.6 Å². The molecule has 1 atom stereocenters. The molecule has 0 saturated heterocycles. The Hall–Kier alpha value is -2.01. The Kier molecular flexibility index (Phi) is 5.01. The van der Waals surface area contributed by atoms with E-state index in [1.165, 1.54) is 0 Å².